The van der Waals surface area contributed by atoms with Gasteiger partial charge in [-0.1, -0.05) is 49.0 Å². The number of hydrogen-bond acceptors (Lipinski definition) is 6. The number of carbonyl (C=O) groups excluding carboxylic acids is 2. The molecule has 1 atom stereocenters. The molecule has 0 spiro atoms. The molecule has 0 bridgehead atoms. The summed E-state index contributed by atoms with van der Waals surface area (Å²) in [4.78, 5) is 27.5. The van der Waals surface area contributed by atoms with Crippen LogP contribution in [0.5, 0.6) is 0 Å². The molecule has 0 radical (unpaired) electrons. The van der Waals surface area contributed by atoms with Gasteiger partial charge < -0.3 is 0 Å². The number of thioether (sulfide) groups is 1. The van der Waals surface area contributed by atoms with E-state index in [2.05, 4.69) is 15.5 Å². The van der Waals surface area contributed by atoms with E-state index >= 15 is 0 Å². The van der Waals surface area contributed by atoms with Gasteiger partial charge in [0.15, 0.2) is 0 Å². The van der Waals surface area contributed by atoms with Crippen molar-refractivity contribution in [2.75, 3.05) is 6.54 Å². The summed E-state index contributed by atoms with van der Waals surface area (Å²) in [6.07, 6.45) is 8.15. The SMILES string of the molecule is O=C(c1ccc(Cl)cc1)N1CCCC[C@H](Sc2nnnn2C2CCCCC2)C1=O. The zero-order chi connectivity index (χ0) is 20.2. The van der Waals surface area contributed by atoms with Crippen molar-refractivity contribution in [2.24, 2.45) is 0 Å². The van der Waals surface area contributed by atoms with Crippen molar-refractivity contribution in [1.29, 1.82) is 0 Å². The maximum absolute atomic E-state index is 13.2. The van der Waals surface area contributed by atoms with E-state index < -0.39 is 0 Å². The molecule has 1 saturated carbocycles. The van der Waals surface area contributed by atoms with Gasteiger partial charge in [-0.15, -0.1) is 5.10 Å². The van der Waals surface area contributed by atoms with E-state index in [4.69, 9.17) is 11.6 Å². The molecule has 0 unspecified atom stereocenters. The number of hydrogen-bond donors (Lipinski definition) is 0. The van der Waals surface area contributed by atoms with Gasteiger partial charge in [-0.05, 0) is 60.4 Å². The molecule has 2 aliphatic rings. The first-order valence-corrected chi connectivity index (χ1v) is 11.4. The van der Waals surface area contributed by atoms with Crippen LogP contribution in [0, 0.1) is 0 Å². The number of imide groups is 1. The number of rotatable bonds is 4. The molecule has 29 heavy (non-hydrogen) atoms. The molecule has 2 fully saturated rings. The van der Waals surface area contributed by atoms with Crippen LogP contribution < -0.4 is 0 Å². The van der Waals surface area contributed by atoms with Crippen molar-refractivity contribution < 1.29 is 9.59 Å². The van der Waals surface area contributed by atoms with Gasteiger partial charge in [0.05, 0.1) is 11.3 Å². The summed E-state index contributed by atoms with van der Waals surface area (Å²) in [5.74, 6) is -0.434. The normalized spacial score (nSPS) is 21.2. The Morgan fingerprint density at radius 2 is 1.76 bits per heavy atom. The van der Waals surface area contributed by atoms with Crippen LogP contribution in [0.15, 0.2) is 29.4 Å². The Balaban J connectivity index is 1.51. The molecule has 2 amide bonds. The summed E-state index contributed by atoms with van der Waals surface area (Å²) in [5.41, 5.74) is 0.473. The summed E-state index contributed by atoms with van der Waals surface area (Å²) in [7, 11) is 0. The number of tetrazole rings is 1. The lowest BCUT2D eigenvalue weighted by atomic mass is 9.96. The van der Waals surface area contributed by atoms with Gasteiger partial charge in [0, 0.05) is 17.1 Å². The summed E-state index contributed by atoms with van der Waals surface area (Å²) in [5, 5.41) is 13.1. The zero-order valence-corrected chi connectivity index (χ0v) is 17.7. The van der Waals surface area contributed by atoms with Crippen LogP contribution in [0.1, 0.15) is 67.8 Å². The Kier molecular flexibility index (Phi) is 6.50. The summed E-state index contributed by atoms with van der Waals surface area (Å²) >= 11 is 7.32. The van der Waals surface area contributed by atoms with E-state index in [9.17, 15) is 9.59 Å². The van der Waals surface area contributed by atoms with Crippen molar-refractivity contribution in [3.8, 4) is 0 Å². The zero-order valence-electron chi connectivity index (χ0n) is 16.2. The van der Waals surface area contributed by atoms with E-state index in [0.717, 1.165) is 25.7 Å². The van der Waals surface area contributed by atoms with E-state index in [1.807, 2.05) is 4.68 Å². The van der Waals surface area contributed by atoms with Gasteiger partial charge in [-0.2, -0.15) is 0 Å². The largest absolute Gasteiger partial charge is 0.278 e. The number of nitrogens with zero attached hydrogens (tertiary/aromatic N) is 5. The van der Waals surface area contributed by atoms with Crippen molar-refractivity contribution >= 4 is 35.2 Å². The molecule has 154 valence electrons. The van der Waals surface area contributed by atoms with Crippen LogP contribution in [-0.4, -0.2) is 48.7 Å². The Bertz CT molecular complexity index is 866. The third-order valence-corrected chi connectivity index (χ3v) is 7.06. The lowest BCUT2D eigenvalue weighted by Gasteiger charge is -2.24. The highest BCUT2D eigenvalue weighted by atomic mass is 35.5. The first-order chi connectivity index (χ1) is 14.1. The highest BCUT2D eigenvalue weighted by Gasteiger charge is 2.34. The third kappa shape index (κ3) is 4.64. The third-order valence-electron chi connectivity index (χ3n) is 5.61. The molecule has 1 aromatic heterocycles. The molecule has 4 rings (SSSR count). The summed E-state index contributed by atoms with van der Waals surface area (Å²) in [6.45, 7) is 0.435. The van der Waals surface area contributed by atoms with E-state index in [0.29, 0.717) is 34.7 Å². The first kappa shape index (κ1) is 20.3. The number of likely N-dealkylation sites (tertiary alicyclic amines) is 1. The Labute approximate surface area is 179 Å². The second kappa shape index (κ2) is 9.26. The molecule has 2 aromatic rings. The molecule has 1 aliphatic carbocycles. The Morgan fingerprint density at radius 3 is 2.52 bits per heavy atom. The smallest absolute Gasteiger partial charge is 0.260 e. The Hall–Kier alpha value is -1.93. The minimum atomic E-state index is -0.359. The van der Waals surface area contributed by atoms with Crippen LogP contribution in [0.3, 0.4) is 0 Å². The predicted octanol–water partition coefficient (Wildman–Crippen LogP) is 4.15. The van der Waals surface area contributed by atoms with Gasteiger partial charge in [0.25, 0.3) is 5.91 Å². The van der Waals surface area contributed by atoms with Gasteiger partial charge in [-0.3, -0.25) is 14.5 Å². The van der Waals surface area contributed by atoms with Crippen molar-refractivity contribution in [2.45, 2.75) is 67.8 Å². The van der Waals surface area contributed by atoms with E-state index in [-0.39, 0.29) is 17.1 Å². The van der Waals surface area contributed by atoms with Crippen LogP contribution in [0.2, 0.25) is 5.02 Å². The number of benzene rings is 1. The number of carbonyl (C=O) groups is 2. The van der Waals surface area contributed by atoms with Crippen LogP contribution >= 0.6 is 23.4 Å². The molecular weight excluding hydrogens is 410 g/mol. The molecule has 7 nitrogen and oxygen atoms in total. The molecule has 9 heteroatoms. The highest BCUT2D eigenvalue weighted by Crippen LogP contribution is 2.34. The lowest BCUT2D eigenvalue weighted by molar-refractivity contribution is -0.127. The summed E-state index contributed by atoms with van der Waals surface area (Å²) in [6, 6.07) is 6.96. The van der Waals surface area contributed by atoms with Gasteiger partial charge in [-0.25, -0.2) is 4.68 Å². The molecule has 1 aromatic carbocycles. The second-order valence-electron chi connectivity index (χ2n) is 7.60. The fourth-order valence-corrected chi connectivity index (χ4v) is 5.28. The van der Waals surface area contributed by atoms with Gasteiger partial charge >= 0.3 is 0 Å². The minimum Gasteiger partial charge on any atom is -0.278 e. The maximum atomic E-state index is 13.2. The van der Waals surface area contributed by atoms with Crippen LogP contribution in [0.4, 0.5) is 0 Å². The Morgan fingerprint density at radius 1 is 1.03 bits per heavy atom. The van der Waals surface area contributed by atoms with Crippen molar-refractivity contribution in [3.05, 3.63) is 34.9 Å². The molecule has 1 saturated heterocycles. The fourth-order valence-electron chi connectivity index (χ4n) is 4.01. The average molecular weight is 434 g/mol. The van der Waals surface area contributed by atoms with E-state index in [1.165, 1.54) is 35.9 Å². The van der Waals surface area contributed by atoms with Crippen LogP contribution in [-0.2, 0) is 4.79 Å². The number of halogens is 1. The van der Waals surface area contributed by atoms with Gasteiger partial charge in [0.2, 0.25) is 11.1 Å². The van der Waals surface area contributed by atoms with Gasteiger partial charge in [0.1, 0.15) is 0 Å². The number of amides is 2. The quantitative estimate of drug-likeness (QED) is 0.674. The fraction of sp³-hybridized carbons (Fsp3) is 0.550. The maximum Gasteiger partial charge on any atom is 0.260 e. The first-order valence-electron chi connectivity index (χ1n) is 10.2. The topological polar surface area (TPSA) is 81.0 Å². The monoisotopic (exact) mass is 433 g/mol. The highest BCUT2D eigenvalue weighted by molar-refractivity contribution is 8.00. The second-order valence-corrected chi connectivity index (χ2v) is 9.21. The average Bonchev–Trinajstić information content (AvgIpc) is 3.13. The van der Waals surface area contributed by atoms with E-state index in [1.54, 1.807) is 24.3 Å². The summed E-state index contributed by atoms with van der Waals surface area (Å²) < 4.78 is 1.88. The predicted molar refractivity (Wildman–Crippen MR) is 111 cm³/mol. The standard InChI is InChI=1S/C20H24ClN5O2S/c21-15-11-9-14(10-12-15)18(27)25-13-5-4-8-17(19(25)28)29-20-22-23-24-26(20)16-6-2-1-3-7-16/h9-12,16-17H,1-8,13H2/t17-/m0/s1. The molecule has 0 N–H and O–H groups in total. The van der Waals surface area contributed by atoms with Crippen LogP contribution in [0.25, 0.3) is 0 Å². The molecular formula is C20H24ClN5O2S. The van der Waals surface area contributed by atoms with Crippen molar-refractivity contribution in [1.82, 2.24) is 25.1 Å². The molecule has 1 aliphatic heterocycles. The molecule has 2 heterocycles. The number of aromatic nitrogens is 4. The van der Waals surface area contributed by atoms with Crippen molar-refractivity contribution in [3.63, 3.8) is 0 Å². The minimum absolute atomic E-state index is 0.161. The lowest BCUT2D eigenvalue weighted by Crippen LogP contribution is -2.41.